The number of carbonyl (C=O) groups excluding carboxylic acids is 1. The summed E-state index contributed by atoms with van der Waals surface area (Å²) >= 11 is 0. The zero-order valence-corrected chi connectivity index (χ0v) is 15.2. The van der Waals surface area contributed by atoms with Crippen molar-refractivity contribution in [2.45, 2.75) is 18.7 Å². The van der Waals surface area contributed by atoms with Crippen molar-refractivity contribution in [1.82, 2.24) is 0 Å². The number of azo groups is 1. The fourth-order valence-electron chi connectivity index (χ4n) is 1.99. The highest BCUT2D eigenvalue weighted by Gasteiger charge is 2.18. The number of halogens is 1. The van der Waals surface area contributed by atoms with Gasteiger partial charge >= 0.3 is 0 Å². The zero-order valence-electron chi connectivity index (χ0n) is 14.3. The third kappa shape index (κ3) is 5.43. The number of benzene rings is 2. The average Bonchev–Trinajstić information content (AvgIpc) is 2.57. The largest absolute Gasteiger partial charge is 0.510 e. The normalized spacial score (nSPS) is 12.7. The summed E-state index contributed by atoms with van der Waals surface area (Å²) in [5, 5.41) is 19.3. The number of allylic oxidation sites excluding steroid dienone is 1. The molecule has 0 aliphatic heterocycles. The molecule has 2 aromatic rings. The standard InChI is InChI=1S/C17H16FN3O5S/c1-10-3-6-13(7-4-10)19-17(23)16(11(2)22)21-20-14-8-5-12(18)9-15(14)27(24,25)26/h3-9,22H,1-2H3,(H,19,23)(H,24,25,26)/b16-11-,21-20?. The Morgan fingerprint density at radius 3 is 2.33 bits per heavy atom. The van der Waals surface area contributed by atoms with Crippen LogP contribution in [0.25, 0.3) is 0 Å². The Balaban J connectivity index is 2.33. The number of aliphatic hydroxyl groups excluding tert-OH is 1. The molecule has 10 heteroatoms. The van der Waals surface area contributed by atoms with Crippen LogP contribution >= 0.6 is 0 Å². The highest BCUT2D eigenvalue weighted by Crippen LogP contribution is 2.26. The smallest absolute Gasteiger partial charge is 0.296 e. The molecule has 0 aromatic heterocycles. The fraction of sp³-hybridized carbons (Fsp3) is 0.118. The van der Waals surface area contributed by atoms with E-state index in [2.05, 4.69) is 15.5 Å². The van der Waals surface area contributed by atoms with E-state index in [1.165, 1.54) is 6.92 Å². The number of anilines is 1. The van der Waals surface area contributed by atoms with Gasteiger partial charge in [-0.3, -0.25) is 9.35 Å². The molecule has 0 fully saturated rings. The van der Waals surface area contributed by atoms with Crippen LogP contribution in [0.2, 0.25) is 0 Å². The van der Waals surface area contributed by atoms with Crippen LogP contribution in [0.15, 0.2) is 69.0 Å². The van der Waals surface area contributed by atoms with Gasteiger partial charge in [0.25, 0.3) is 16.0 Å². The summed E-state index contributed by atoms with van der Waals surface area (Å²) in [4.78, 5) is 11.5. The highest BCUT2D eigenvalue weighted by molar-refractivity contribution is 7.86. The Morgan fingerprint density at radius 1 is 1.15 bits per heavy atom. The molecule has 0 saturated heterocycles. The number of nitrogens with zero attached hydrogens (tertiary/aromatic N) is 2. The lowest BCUT2D eigenvalue weighted by molar-refractivity contribution is -0.113. The lowest BCUT2D eigenvalue weighted by Crippen LogP contribution is -2.14. The van der Waals surface area contributed by atoms with E-state index in [9.17, 15) is 22.7 Å². The van der Waals surface area contributed by atoms with Gasteiger partial charge in [0.05, 0.1) is 0 Å². The maximum atomic E-state index is 13.2. The Kier molecular flexibility index (Phi) is 6.03. The third-order valence-corrected chi connectivity index (χ3v) is 4.21. The van der Waals surface area contributed by atoms with Crippen LogP contribution in [0.3, 0.4) is 0 Å². The predicted octanol–water partition coefficient (Wildman–Crippen LogP) is 3.89. The Hall–Kier alpha value is -3.11. The predicted molar refractivity (Wildman–Crippen MR) is 95.9 cm³/mol. The van der Waals surface area contributed by atoms with Crippen molar-refractivity contribution in [2.75, 3.05) is 5.32 Å². The Bertz CT molecular complexity index is 1030. The molecule has 0 radical (unpaired) electrons. The number of rotatable bonds is 5. The van der Waals surface area contributed by atoms with Crippen molar-refractivity contribution in [1.29, 1.82) is 0 Å². The van der Waals surface area contributed by atoms with Gasteiger partial charge in [0.2, 0.25) is 0 Å². The highest BCUT2D eigenvalue weighted by atomic mass is 32.2. The monoisotopic (exact) mass is 393 g/mol. The van der Waals surface area contributed by atoms with Crippen LogP contribution < -0.4 is 5.32 Å². The summed E-state index contributed by atoms with van der Waals surface area (Å²) < 4.78 is 45.1. The molecule has 0 saturated carbocycles. The third-order valence-electron chi connectivity index (χ3n) is 3.32. The molecular weight excluding hydrogens is 377 g/mol. The van der Waals surface area contributed by atoms with E-state index < -0.39 is 43.9 Å². The van der Waals surface area contributed by atoms with Gasteiger partial charge < -0.3 is 10.4 Å². The van der Waals surface area contributed by atoms with Gasteiger partial charge in [0, 0.05) is 5.69 Å². The second-order valence-electron chi connectivity index (χ2n) is 5.54. The number of amides is 1. The van der Waals surface area contributed by atoms with Gasteiger partial charge in [0.15, 0.2) is 5.70 Å². The molecule has 0 aliphatic rings. The fourth-order valence-corrected chi connectivity index (χ4v) is 2.62. The van der Waals surface area contributed by atoms with Gasteiger partial charge in [-0.2, -0.15) is 8.42 Å². The van der Waals surface area contributed by atoms with Crippen molar-refractivity contribution in [3.05, 3.63) is 65.3 Å². The van der Waals surface area contributed by atoms with Crippen LogP contribution in [-0.2, 0) is 14.9 Å². The van der Waals surface area contributed by atoms with Crippen molar-refractivity contribution >= 4 is 27.4 Å². The van der Waals surface area contributed by atoms with Gasteiger partial charge in [-0.15, -0.1) is 10.2 Å². The molecule has 0 atom stereocenters. The van der Waals surface area contributed by atoms with E-state index in [1.807, 2.05) is 6.92 Å². The summed E-state index contributed by atoms with van der Waals surface area (Å²) in [5.74, 6) is -2.18. The van der Waals surface area contributed by atoms with Gasteiger partial charge in [0.1, 0.15) is 22.2 Å². The number of nitrogens with one attached hydrogen (secondary N) is 1. The minimum absolute atomic E-state index is 0.402. The first-order valence-electron chi connectivity index (χ1n) is 7.54. The molecule has 0 spiro atoms. The number of carbonyl (C=O) groups is 1. The Labute approximate surface area is 154 Å². The molecule has 0 aliphatic carbocycles. The minimum Gasteiger partial charge on any atom is -0.510 e. The van der Waals surface area contributed by atoms with E-state index in [0.29, 0.717) is 11.8 Å². The van der Waals surface area contributed by atoms with Crippen molar-refractivity contribution in [3.8, 4) is 0 Å². The minimum atomic E-state index is -4.77. The molecule has 2 rings (SSSR count). The van der Waals surface area contributed by atoms with E-state index in [-0.39, 0.29) is 0 Å². The Morgan fingerprint density at radius 2 is 1.78 bits per heavy atom. The molecule has 8 nitrogen and oxygen atoms in total. The van der Waals surface area contributed by atoms with Crippen molar-refractivity contribution < 1.29 is 27.3 Å². The summed E-state index contributed by atoms with van der Waals surface area (Å²) in [5.41, 5.74) is 0.540. The molecule has 3 N–H and O–H groups in total. The first-order valence-corrected chi connectivity index (χ1v) is 8.98. The summed E-state index contributed by atoms with van der Waals surface area (Å²) in [6, 6.07) is 9.25. The van der Waals surface area contributed by atoms with E-state index in [4.69, 9.17) is 4.55 Å². The average molecular weight is 393 g/mol. The van der Waals surface area contributed by atoms with Gasteiger partial charge in [-0.1, -0.05) is 17.7 Å². The second kappa shape index (κ2) is 8.06. The summed E-state index contributed by atoms with van der Waals surface area (Å²) in [6.45, 7) is 3.07. The number of aliphatic hydroxyl groups is 1. The molecule has 0 heterocycles. The number of hydrogen-bond acceptors (Lipinski definition) is 6. The van der Waals surface area contributed by atoms with E-state index in [0.717, 1.165) is 17.7 Å². The van der Waals surface area contributed by atoms with Crippen molar-refractivity contribution in [2.24, 2.45) is 10.2 Å². The van der Waals surface area contributed by atoms with E-state index >= 15 is 0 Å². The molecule has 142 valence electrons. The molecule has 2 aromatic carbocycles. The first kappa shape index (κ1) is 20.2. The number of hydrogen-bond donors (Lipinski definition) is 3. The molecule has 0 unspecified atom stereocenters. The van der Waals surface area contributed by atoms with Gasteiger partial charge in [-0.05, 0) is 44.2 Å². The van der Waals surface area contributed by atoms with Gasteiger partial charge in [-0.25, -0.2) is 4.39 Å². The summed E-state index contributed by atoms with van der Waals surface area (Å²) in [7, 11) is -4.77. The molecule has 27 heavy (non-hydrogen) atoms. The van der Waals surface area contributed by atoms with Crippen LogP contribution in [0.1, 0.15) is 12.5 Å². The zero-order chi connectivity index (χ0) is 20.2. The second-order valence-corrected chi connectivity index (χ2v) is 6.93. The maximum absolute atomic E-state index is 13.2. The van der Waals surface area contributed by atoms with E-state index in [1.54, 1.807) is 24.3 Å². The van der Waals surface area contributed by atoms with Crippen LogP contribution in [0.4, 0.5) is 15.8 Å². The topological polar surface area (TPSA) is 128 Å². The molecule has 1 amide bonds. The quantitative estimate of drug-likeness (QED) is 0.307. The number of aryl methyl sites for hydroxylation is 1. The first-order chi connectivity index (χ1) is 12.6. The summed E-state index contributed by atoms with van der Waals surface area (Å²) in [6.07, 6.45) is 0. The SMILES string of the molecule is C/C(O)=C(/N=Nc1ccc(F)cc1S(=O)(=O)O)C(=O)Nc1ccc(C)cc1. The molecule has 0 bridgehead atoms. The molecular formula is C17H16FN3O5S. The van der Waals surface area contributed by atoms with Crippen LogP contribution in [0, 0.1) is 12.7 Å². The van der Waals surface area contributed by atoms with Crippen LogP contribution in [0.5, 0.6) is 0 Å². The maximum Gasteiger partial charge on any atom is 0.296 e. The lowest BCUT2D eigenvalue weighted by atomic mass is 10.2. The van der Waals surface area contributed by atoms with Crippen LogP contribution in [-0.4, -0.2) is 24.0 Å². The lowest BCUT2D eigenvalue weighted by Gasteiger charge is -2.06. The van der Waals surface area contributed by atoms with Crippen molar-refractivity contribution in [3.63, 3.8) is 0 Å².